The van der Waals surface area contributed by atoms with Gasteiger partial charge in [0.1, 0.15) is 5.82 Å². The highest BCUT2D eigenvalue weighted by atomic mass is 32.2. The van der Waals surface area contributed by atoms with E-state index in [1.165, 1.54) is 12.3 Å². The monoisotopic (exact) mass is 482 g/mol. The van der Waals surface area contributed by atoms with Crippen LogP contribution in [0.5, 0.6) is 0 Å². The van der Waals surface area contributed by atoms with Crippen molar-refractivity contribution in [2.24, 2.45) is 11.8 Å². The molecular weight excluding hydrogens is 447 g/mol. The van der Waals surface area contributed by atoms with Crippen molar-refractivity contribution in [1.29, 1.82) is 0 Å². The molecule has 184 valence electrons. The van der Waals surface area contributed by atoms with E-state index in [-0.39, 0.29) is 35.7 Å². The van der Waals surface area contributed by atoms with E-state index in [4.69, 9.17) is 9.47 Å². The predicted octanol–water partition coefficient (Wildman–Crippen LogP) is 2.67. The van der Waals surface area contributed by atoms with Crippen LogP contribution in [0, 0.1) is 17.7 Å². The maximum absolute atomic E-state index is 13.6. The van der Waals surface area contributed by atoms with Crippen LogP contribution in [0.1, 0.15) is 50.0 Å². The van der Waals surface area contributed by atoms with Gasteiger partial charge in [0, 0.05) is 31.7 Å². The van der Waals surface area contributed by atoms with E-state index in [0.29, 0.717) is 45.2 Å². The molecule has 3 atom stereocenters. The number of hydrogen-bond donors (Lipinski definition) is 1. The summed E-state index contributed by atoms with van der Waals surface area (Å²) in [6.07, 6.45) is 6.25. The zero-order valence-electron chi connectivity index (χ0n) is 19.2. The maximum Gasteiger partial charge on any atom is 0.228 e. The SMILES string of the molecule is CS(=O)(=O)NC1CCN(C(=O)C2CCOC2)CC1CO[C@H]1CC[C@@H](c2cccc(F)c2)CC1. The predicted molar refractivity (Wildman–Crippen MR) is 123 cm³/mol. The van der Waals surface area contributed by atoms with E-state index in [1.807, 2.05) is 11.0 Å². The van der Waals surface area contributed by atoms with Crippen molar-refractivity contribution in [3.05, 3.63) is 35.6 Å². The Morgan fingerprint density at radius 2 is 2.00 bits per heavy atom. The Labute approximate surface area is 196 Å². The van der Waals surface area contributed by atoms with Crippen molar-refractivity contribution < 1.29 is 27.1 Å². The van der Waals surface area contributed by atoms with Crippen LogP contribution in [0.15, 0.2) is 24.3 Å². The first-order valence-electron chi connectivity index (χ1n) is 12.0. The Bertz CT molecular complexity index is 913. The number of piperidine rings is 1. The minimum absolute atomic E-state index is 0.0934. The number of sulfonamides is 1. The fraction of sp³-hybridized carbons (Fsp3) is 0.708. The smallest absolute Gasteiger partial charge is 0.228 e. The van der Waals surface area contributed by atoms with E-state index in [9.17, 15) is 17.6 Å². The Morgan fingerprint density at radius 3 is 2.67 bits per heavy atom. The molecule has 33 heavy (non-hydrogen) atoms. The highest BCUT2D eigenvalue weighted by Gasteiger charge is 2.37. The summed E-state index contributed by atoms with van der Waals surface area (Å²) in [5.74, 6) is 0.0585. The van der Waals surface area contributed by atoms with Crippen molar-refractivity contribution in [2.45, 2.75) is 56.6 Å². The van der Waals surface area contributed by atoms with Gasteiger partial charge in [0.25, 0.3) is 0 Å². The summed E-state index contributed by atoms with van der Waals surface area (Å²) in [6.45, 7) is 2.52. The van der Waals surface area contributed by atoms with Crippen molar-refractivity contribution in [3.8, 4) is 0 Å². The van der Waals surface area contributed by atoms with Gasteiger partial charge in [-0.3, -0.25) is 4.79 Å². The van der Waals surface area contributed by atoms with E-state index < -0.39 is 10.0 Å². The topological polar surface area (TPSA) is 84.9 Å². The van der Waals surface area contributed by atoms with Crippen molar-refractivity contribution in [1.82, 2.24) is 9.62 Å². The fourth-order valence-corrected chi connectivity index (χ4v) is 6.26. The second-order valence-corrected chi connectivity index (χ2v) is 11.5. The van der Waals surface area contributed by atoms with Crippen molar-refractivity contribution in [2.75, 3.05) is 39.2 Å². The molecule has 3 unspecified atom stereocenters. The molecule has 9 heteroatoms. The van der Waals surface area contributed by atoms with Gasteiger partial charge in [0.05, 0.1) is 31.5 Å². The number of carbonyl (C=O) groups excluding carboxylic acids is 1. The summed E-state index contributed by atoms with van der Waals surface area (Å²) in [6, 6.07) is 6.59. The molecule has 1 amide bonds. The summed E-state index contributed by atoms with van der Waals surface area (Å²) in [7, 11) is -3.35. The normalized spacial score (nSPS) is 31.0. The number of benzene rings is 1. The summed E-state index contributed by atoms with van der Waals surface area (Å²) >= 11 is 0. The number of amides is 1. The molecule has 0 spiro atoms. The third kappa shape index (κ3) is 6.74. The van der Waals surface area contributed by atoms with Crippen LogP contribution in [-0.2, 0) is 24.3 Å². The van der Waals surface area contributed by atoms with E-state index >= 15 is 0 Å². The lowest BCUT2D eigenvalue weighted by atomic mass is 9.82. The average molecular weight is 483 g/mol. The number of rotatable bonds is 7. The van der Waals surface area contributed by atoms with Crippen molar-refractivity contribution in [3.63, 3.8) is 0 Å². The molecule has 1 aromatic carbocycles. The first-order valence-corrected chi connectivity index (χ1v) is 13.9. The van der Waals surface area contributed by atoms with E-state index in [0.717, 1.165) is 37.7 Å². The Morgan fingerprint density at radius 1 is 1.21 bits per heavy atom. The van der Waals surface area contributed by atoms with Crippen LogP contribution in [0.4, 0.5) is 4.39 Å². The first-order chi connectivity index (χ1) is 15.8. The number of likely N-dealkylation sites (tertiary alicyclic amines) is 1. The third-order valence-corrected chi connectivity index (χ3v) is 7.96. The van der Waals surface area contributed by atoms with Gasteiger partial charge in [-0.1, -0.05) is 12.1 Å². The molecule has 1 N–H and O–H groups in total. The number of ether oxygens (including phenoxy) is 2. The highest BCUT2D eigenvalue weighted by Crippen LogP contribution is 2.35. The third-order valence-electron chi connectivity index (χ3n) is 7.23. The molecule has 1 aromatic rings. The minimum Gasteiger partial charge on any atom is -0.381 e. The lowest BCUT2D eigenvalue weighted by Crippen LogP contribution is -2.54. The Balaban J connectivity index is 1.32. The average Bonchev–Trinajstić information content (AvgIpc) is 3.32. The zero-order valence-corrected chi connectivity index (χ0v) is 20.1. The number of nitrogens with zero attached hydrogens (tertiary/aromatic N) is 1. The summed E-state index contributed by atoms with van der Waals surface area (Å²) in [5, 5.41) is 0. The molecule has 2 saturated heterocycles. The summed E-state index contributed by atoms with van der Waals surface area (Å²) in [4.78, 5) is 14.7. The molecule has 1 saturated carbocycles. The minimum atomic E-state index is -3.35. The molecule has 2 aliphatic heterocycles. The molecule has 3 fully saturated rings. The van der Waals surface area contributed by atoms with Crippen molar-refractivity contribution >= 4 is 15.9 Å². The summed E-state index contributed by atoms with van der Waals surface area (Å²) in [5.41, 5.74) is 1.04. The lowest BCUT2D eigenvalue weighted by Gasteiger charge is -2.40. The fourth-order valence-electron chi connectivity index (χ4n) is 5.40. The molecule has 7 nitrogen and oxygen atoms in total. The molecular formula is C24H35FN2O5S. The quantitative estimate of drug-likeness (QED) is 0.646. The number of hydrogen-bond acceptors (Lipinski definition) is 5. The van der Waals surface area contributed by atoms with Crippen LogP contribution in [-0.4, -0.2) is 70.5 Å². The van der Waals surface area contributed by atoms with Crippen LogP contribution >= 0.6 is 0 Å². The molecule has 1 aliphatic carbocycles. The van der Waals surface area contributed by atoms with Gasteiger partial charge < -0.3 is 14.4 Å². The van der Waals surface area contributed by atoms with Gasteiger partial charge in [-0.2, -0.15) is 0 Å². The van der Waals surface area contributed by atoms with E-state index in [1.54, 1.807) is 12.1 Å². The Hall–Kier alpha value is -1.55. The van der Waals surface area contributed by atoms with Crippen LogP contribution in [0.25, 0.3) is 0 Å². The molecule has 0 radical (unpaired) electrons. The lowest BCUT2D eigenvalue weighted by molar-refractivity contribution is -0.138. The van der Waals surface area contributed by atoms with Gasteiger partial charge in [-0.25, -0.2) is 17.5 Å². The number of halogens is 1. The molecule has 4 rings (SSSR count). The first kappa shape index (κ1) is 24.6. The van der Waals surface area contributed by atoms with Gasteiger partial charge in [0.2, 0.25) is 15.9 Å². The van der Waals surface area contributed by atoms with E-state index in [2.05, 4.69) is 4.72 Å². The van der Waals surface area contributed by atoms with Crippen LogP contribution in [0.2, 0.25) is 0 Å². The van der Waals surface area contributed by atoms with Gasteiger partial charge >= 0.3 is 0 Å². The van der Waals surface area contributed by atoms with Gasteiger partial charge in [0.15, 0.2) is 0 Å². The second kappa shape index (κ2) is 10.8. The standard InChI is InChI=1S/C24H35FN2O5S/c1-33(29,30)26-23-9-11-27(24(28)19-10-12-31-15-19)14-20(23)16-32-22-7-5-17(6-8-22)18-3-2-4-21(25)13-18/h2-4,13,17,19-20,22-23,26H,5-12,14-16H2,1H3/t17-,19?,20?,22+,23?. The maximum atomic E-state index is 13.6. The largest absolute Gasteiger partial charge is 0.381 e. The molecule has 0 aromatic heterocycles. The van der Waals surface area contributed by atoms with Gasteiger partial charge in [-0.05, 0) is 62.1 Å². The molecule has 2 heterocycles. The van der Waals surface area contributed by atoms with Crippen LogP contribution in [0.3, 0.4) is 0 Å². The summed E-state index contributed by atoms with van der Waals surface area (Å²) < 4.78 is 51.7. The van der Waals surface area contributed by atoms with Gasteiger partial charge in [-0.15, -0.1) is 0 Å². The highest BCUT2D eigenvalue weighted by molar-refractivity contribution is 7.88. The number of nitrogens with one attached hydrogen (secondary N) is 1. The number of carbonyl (C=O) groups is 1. The second-order valence-electron chi connectivity index (χ2n) is 9.75. The van der Waals surface area contributed by atoms with Crippen LogP contribution < -0.4 is 4.72 Å². The molecule has 0 bridgehead atoms. The zero-order chi connectivity index (χ0) is 23.4. The Kier molecular flexibility index (Phi) is 8.04. The molecule has 3 aliphatic rings.